The van der Waals surface area contributed by atoms with Crippen LogP contribution in [0.5, 0.6) is 0 Å². The molecule has 0 spiro atoms. The number of thiazole rings is 1. The maximum atomic E-state index is 12.2. The maximum absolute atomic E-state index is 12.2. The molecule has 0 amide bonds. The highest BCUT2D eigenvalue weighted by atomic mass is 32.1. The van der Waals surface area contributed by atoms with Crippen LogP contribution in [0.25, 0.3) is 0 Å². The van der Waals surface area contributed by atoms with Gasteiger partial charge in [0.05, 0.1) is 12.7 Å². The monoisotopic (exact) mass is 357 g/mol. The van der Waals surface area contributed by atoms with E-state index in [0.717, 1.165) is 0 Å². The average Bonchev–Trinajstić information content (AvgIpc) is 3.17. The number of hydrogen-bond donors (Lipinski definition) is 1. The zero-order chi connectivity index (χ0) is 17.5. The number of rotatable bonds is 5. The van der Waals surface area contributed by atoms with E-state index in [2.05, 4.69) is 4.98 Å². The van der Waals surface area contributed by atoms with Crippen molar-refractivity contribution < 1.29 is 28.8 Å². The normalized spacial score (nSPS) is 32.8. The zero-order valence-corrected chi connectivity index (χ0v) is 15.0. The first-order chi connectivity index (χ1) is 11.2. The third kappa shape index (κ3) is 3.84. The lowest BCUT2D eigenvalue weighted by Crippen LogP contribution is -2.44. The van der Waals surface area contributed by atoms with E-state index in [-0.39, 0.29) is 18.3 Å². The largest absolute Gasteiger partial charge is 0.390 e. The van der Waals surface area contributed by atoms with Crippen LogP contribution >= 0.6 is 11.3 Å². The minimum absolute atomic E-state index is 0.0783. The second kappa shape index (κ2) is 6.44. The van der Waals surface area contributed by atoms with Crippen LogP contribution in [0.3, 0.4) is 0 Å². The minimum atomic E-state index is -1.01. The van der Waals surface area contributed by atoms with Crippen LogP contribution in [0.2, 0.25) is 0 Å². The Morgan fingerprint density at radius 2 is 2.08 bits per heavy atom. The van der Waals surface area contributed by atoms with Crippen LogP contribution in [-0.4, -0.2) is 58.5 Å². The van der Waals surface area contributed by atoms with Gasteiger partial charge in [0.2, 0.25) is 0 Å². The second-order valence-electron chi connectivity index (χ2n) is 6.96. The first-order valence-corrected chi connectivity index (χ1v) is 8.83. The quantitative estimate of drug-likeness (QED) is 0.803. The molecule has 0 aromatic carbocycles. The molecule has 2 fully saturated rings. The molecule has 0 radical (unpaired) electrons. The summed E-state index contributed by atoms with van der Waals surface area (Å²) in [6.45, 7) is 7.55. The Morgan fingerprint density at radius 3 is 2.67 bits per heavy atom. The van der Waals surface area contributed by atoms with Gasteiger partial charge in [0.1, 0.15) is 18.3 Å². The molecule has 2 aliphatic heterocycles. The van der Waals surface area contributed by atoms with Gasteiger partial charge in [0.15, 0.2) is 22.4 Å². The van der Waals surface area contributed by atoms with Gasteiger partial charge in [-0.2, -0.15) is 0 Å². The van der Waals surface area contributed by atoms with E-state index in [4.69, 9.17) is 18.9 Å². The SMILES string of the molecule is CC1(C)O[C@H]([C@H](O)CC(=O)c2nccs2)[C@@H]([C@H]2COC(C)(C)O2)O1. The Morgan fingerprint density at radius 1 is 1.33 bits per heavy atom. The van der Waals surface area contributed by atoms with Crippen molar-refractivity contribution >= 4 is 17.1 Å². The van der Waals surface area contributed by atoms with Gasteiger partial charge in [-0.25, -0.2) is 4.98 Å². The van der Waals surface area contributed by atoms with Gasteiger partial charge in [-0.3, -0.25) is 4.79 Å². The summed E-state index contributed by atoms with van der Waals surface area (Å²) in [5.41, 5.74) is 0. The van der Waals surface area contributed by atoms with E-state index in [1.165, 1.54) is 11.3 Å². The van der Waals surface area contributed by atoms with Crippen LogP contribution in [-0.2, 0) is 18.9 Å². The van der Waals surface area contributed by atoms with Crippen LogP contribution in [0, 0.1) is 0 Å². The summed E-state index contributed by atoms with van der Waals surface area (Å²) >= 11 is 1.25. The fourth-order valence-electron chi connectivity index (χ4n) is 3.03. The first kappa shape index (κ1) is 17.9. The number of carbonyl (C=O) groups excluding carboxylic acids is 1. The average molecular weight is 357 g/mol. The molecule has 2 aliphatic rings. The molecule has 24 heavy (non-hydrogen) atoms. The molecule has 3 heterocycles. The van der Waals surface area contributed by atoms with Gasteiger partial charge in [0, 0.05) is 18.0 Å². The van der Waals surface area contributed by atoms with Crippen molar-refractivity contribution in [2.24, 2.45) is 0 Å². The fourth-order valence-corrected chi connectivity index (χ4v) is 3.62. The maximum Gasteiger partial charge on any atom is 0.194 e. The first-order valence-electron chi connectivity index (χ1n) is 7.95. The van der Waals surface area contributed by atoms with E-state index < -0.39 is 29.9 Å². The van der Waals surface area contributed by atoms with Crippen molar-refractivity contribution in [1.82, 2.24) is 4.98 Å². The molecular formula is C16H23NO6S. The van der Waals surface area contributed by atoms with Crippen molar-refractivity contribution in [3.8, 4) is 0 Å². The number of carbonyl (C=O) groups is 1. The molecule has 0 unspecified atom stereocenters. The van der Waals surface area contributed by atoms with Gasteiger partial charge in [-0.15, -0.1) is 11.3 Å². The Labute approximate surface area is 144 Å². The molecule has 1 N–H and O–H groups in total. The number of aliphatic hydroxyl groups is 1. The Balaban J connectivity index is 1.70. The molecule has 1 aromatic rings. The molecule has 8 heteroatoms. The summed E-state index contributed by atoms with van der Waals surface area (Å²) in [5, 5.41) is 12.7. The molecule has 134 valence electrons. The number of hydrogen-bond acceptors (Lipinski definition) is 8. The lowest BCUT2D eigenvalue weighted by atomic mass is 9.99. The lowest BCUT2D eigenvalue weighted by molar-refractivity contribution is -0.175. The lowest BCUT2D eigenvalue weighted by Gasteiger charge is -2.26. The fraction of sp³-hybridized carbons (Fsp3) is 0.750. The van der Waals surface area contributed by atoms with E-state index in [9.17, 15) is 9.90 Å². The number of aliphatic hydroxyl groups excluding tert-OH is 1. The Kier molecular flexibility index (Phi) is 4.80. The smallest absolute Gasteiger partial charge is 0.194 e. The van der Waals surface area contributed by atoms with E-state index in [1.54, 1.807) is 25.4 Å². The van der Waals surface area contributed by atoms with Crippen LogP contribution in [0.15, 0.2) is 11.6 Å². The third-order valence-electron chi connectivity index (χ3n) is 4.01. The number of Topliss-reactive ketones (excluding diaryl/α,β-unsaturated/α-hetero) is 1. The van der Waals surface area contributed by atoms with Crippen molar-refractivity contribution in [1.29, 1.82) is 0 Å². The van der Waals surface area contributed by atoms with Crippen molar-refractivity contribution in [3.63, 3.8) is 0 Å². The van der Waals surface area contributed by atoms with E-state index >= 15 is 0 Å². The van der Waals surface area contributed by atoms with Gasteiger partial charge in [0.25, 0.3) is 0 Å². The van der Waals surface area contributed by atoms with Crippen LogP contribution in [0.1, 0.15) is 43.9 Å². The highest BCUT2D eigenvalue weighted by molar-refractivity contribution is 7.11. The number of ketones is 1. The molecule has 0 aliphatic carbocycles. The van der Waals surface area contributed by atoms with Gasteiger partial charge >= 0.3 is 0 Å². The number of aromatic nitrogens is 1. The predicted octanol–water partition coefficient (Wildman–Crippen LogP) is 1.75. The molecule has 7 nitrogen and oxygen atoms in total. The second-order valence-corrected chi connectivity index (χ2v) is 7.86. The minimum Gasteiger partial charge on any atom is -0.390 e. The number of ether oxygens (including phenoxy) is 4. The zero-order valence-electron chi connectivity index (χ0n) is 14.2. The third-order valence-corrected chi connectivity index (χ3v) is 4.82. The molecule has 0 bridgehead atoms. The highest BCUT2D eigenvalue weighted by Gasteiger charge is 2.52. The van der Waals surface area contributed by atoms with Crippen LogP contribution < -0.4 is 0 Å². The van der Waals surface area contributed by atoms with Gasteiger partial charge < -0.3 is 24.1 Å². The Bertz CT molecular complexity index is 587. The summed E-state index contributed by atoms with van der Waals surface area (Å²) in [6, 6.07) is 0. The molecular weight excluding hydrogens is 334 g/mol. The summed E-state index contributed by atoms with van der Waals surface area (Å²) in [6.07, 6.45) is -1.08. The van der Waals surface area contributed by atoms with Crippen molar-refractivity contribution in [2.75, 3.05) is 6.61 Å². The van der Waals surface area contributed by atoms with Gasteiger partial charge in [-0.1, -0.05) is 0 Å². The van der Waals surface area contributed by atoms with Gasteiger partial charge in [-0.05, 0) is 27.7 Å². The Hall–Kier alpha value is -0.900. The molecule has 3 rings (SSSR count). The summed E-state index contributed by atoms with van der Waals surface area (Å²) in [7, 11) is 0. The molecule has 1 aromatic heterocycles. The van der Waals surface area contributed by atoms with Crippen LogP contribution in [0.4, 0.5) is 0 Å². The van der Waals surface area contributed by atoms with E-state index in [0.29, 0.717) is 11.6 Å². The highest BCUT2D eigenvalue weighted by Crippen LogP contribution is 2.37. The van der Waals surface area contributed by atoms with Crippen molar-refractivity contribution in [3.05, 3.63) is 16.6 Å². The predicted molar refractivity (Wildman–Crippen MR) is 85.8 cm³/mol. The number of nitrogens with zero attached hydrogens (tertiary/aromatic N) is 1. The summed E-state index contributed by atoms with van der Waals surface area (Å²) < 4.78 is 23.2. The molecule has 4 atom stereocenters. The standard InChI is InChI=1S/C16H23NO6S/c1-15(2)20-8-11(21-15)13-12(22-16(3,4)23-13)9(18)7-10(19)14-17-5-6-24-14/h5-6,9,11-13,18H,7-8H2,1-4H3/t9-,11-,12-,13-/m1/s1. The molecule has 2 saturated heterocycles. The van der Waals surface area contributed by atoms with E-state index in [1.807, 2.05) is 13.8 Å². The summed E-state index contributed by atoms with van der Waals surface area (Å²) in [5.74, 6) is -1.78. The van der Waals surface area contributed by atoms with Crippen molar-refractivity contribution in [2.45, 2.75) is 70.1 Å². The topological polar surface area (TPSA) is 87.1 Å². The summed E-state index contributed by atoms with van der Waals surface area (Å²) in [4.78, 5) is 16.2. The molecule has 0 saturated carbocycles.